The van der Waals surface area contributed by atoms with E-state index in [1.165, 1.54) is 0 Å². The molecule has 1 aromatic heterocycles. The second-order valence-electron chi connectivity index (χ2n) is 5.28. The zero-order valence-electron chi connectivity index (χ0n) is 13.3. The summed E-state index contributed by atoms with van der Waals surface area (Å²) >= 11 is 13.7. The second-order valence-corrected chi connectivity index (χ2v) is 7.16. The normalized spacial score (nSPS) is 10.8. The van der Waals surface area contributed by atoms with Crippen molar-refractivity contribution in [3.63, 3.8) is 0 Å². The lowest BCUT2D eigenvalue weighted by Gasteiger charge is -2.13. The summed E-state index contributed by atoms with van der Waals surface area (Å²) < 4.78 is 5.99. The van der Waals surface area contributed by atoms with Crippen LogP contribution in [-0.4, -0.2) is 12.0 Å². The first-order valence-corrected chi connectivity index (χ1v) is 9.03. The highest BCUT2D eigenvalue weighted by Crippen LogP contribution is 2.33. The molecule has 0 atom stereocenters. The summed E-state index contributed by atoms with van der Waals surface area (Å²) in [5, 5.41) is 7.26. The Kier molecular flexibility index (Phi) is 5.41. The molecular formula is C18H16Cl2N2OS. The molecule has 0 saturated carbocycles. The van der Waals surface area contributed by atoms with Crippen molar-refractivity contribution < 1.29 is 4.74 Å². The van der Waals surface area contributed by atoms with Gasteiger partial charge in [0.2, 0.25) is 0 Å². The number of thiazole rings is 1. The zero-order valence-corrected chi connectivity index (χ0v) is 15.6. The molecule has 1 heterocycles. The minimum absolute atomic E-state index is 0.471. The Morgan fingerprint density at radius 1 is 1.12 bits per heavy atom. The minimum atomic E-state index is 0.471. The Labute approximate surface area is 155 Å². The summed E-state index contributed by atoms with van der Waals surface area (Å²) in [4.78, 5) is 4.54. The second kappa shape index (κ2) is 7.53. The molecule has 6 heteroatoms. The summed E-state index contributed by atoms with van der Waals surface area (Å²) in [7, 11) is 1.91. The maximum atomic E-state index is 6.06. The molecule has 0 radical (unpaired) electrons. The molecule has 2 aromatic carbocycles. The molecule has 0 spiro atoms. The fraction of sp³-hybridized carbons (Fsp3) is 0.167. The van der Waals surface area contributed by atoms with Crippen LogP contribution in [0.5, 0.6) is 11.5 Å². The van der Waals surface area contributed by atoms with Crippen LogP contribution in [0.1, 0.15) is 10.6 Å². The van der Waals surface area contributed by atoms with Crippen LogP contribution in [0.4, 0.5) is 0 Å². The maximum absolute atomic E-state index is 6.06. The van der Waals surface area contributed by atoms with E-state index in [1.54, 1.807) is 29.5 Å². The van der Waals surface area contributed by atoms with E-state index < -0.39 is 0 Å². The lowest BCUT2D eigenvalue weighted by Crippen LogP contribution is -2.06. The first-order valence-electron chi connectivity index (χ1n) is 7.40. The molecule has 0 unspecified atom stereocenters. The monoisotopic (exact) mass is 378 g/mol. The number of hydrogen-bond donors (Lipinski definition) is 1. The predicted molar refractivity (Wildman–Crippen MR) is 102 cm³/mol. The zero-order chi connectivity index (χ0) is 17.1. The minimum Gasteiger partial charge on any atom is -0.457 e. The van der Waals surface area contributed by atoms with Gasteiger partial charge < -0.3 is 10.1 Å². The van der Waals surface area contributed by atoms with Gasteiger partial charge in [0.25, 0.3) is 0 Å². The van der Waals surface area contributed by atoms with Gasteiger partial charge in [0.1, 0.15) is 11.5 Å². The maximum Gasteiger partial charge on any atom is 0.131 e. The molecule has 0 saturated heterocycles. The number of ether oxygens (including phenoxy) is 1. The number of halogens is 2. The molecule has 124 valence electrons. The number of hydrogen-bond acceptors (Lipinski definition) is 4. The Bertz CT molecular complexity index is 864. The van der Waals surface area contributed by atoms with Crippen LogP contribution in [0.25, 0.3) is 11.3 Å². The third-order valence-electron chi connectivity index (χ3n) is 3.46. The summed E-state index contributed by atoms with van der Waals surface area (Å²) in [6.07, 6.45) is 0. The fourth-order valence-corrected chi connectivity index (χ4v) is 3.24. The number of nitrogens with one attached hydrogen (secondary N) is 1. The van der Waals surface area contributed by atoms with E-state index in [-0.39, 0.29) is 0 Å². The summed E-state index contributed by atoms with van der Waals surface area (Å²) in [6, 6.07) is 11.3. The summed E-state index contributed by atoms with van der Waals surface area (Å²) in [6.45, 7) is 2.69. The number of rotatable bonds is 5. The van der Waals surface area contributed by atoms with Crippen molar-refractivity contribution in [3.8, 4) is 22.8 Å². The van der Waals surface area contributed by atoms with Crippen LogP contribution in [0.2, 0.25) is 10.0 Å². The smallest absolute Gasteiger partial charge is 0.131 e. The highest BCUT2D eigenvalue weighted by Gasteiger charge is 2.10. The van der Waals surface area contributed by atoms with Crippen molar-refractivity contribution >= 4 is 34.5 Å². The van der Waals surface area contributed by atoms with Crippen molar-refractivity contribution in [2.45, 2.75) is 13.5 Å². The quantitative estimate of drug-likeness (QED) is 0.596. The van der Waals surface area contributed by atoms with Gasteiger partial charge in [0.05, 0.1) is 20.7 Å². The molecule has 0 aliphatic heterocycles. The Hall–Kier alpha value is -1.59. The Morgan fingerprint density at radius 2 is 1.96 bits per heavy atom. The molecule has 0 amide bonds. The van der Waals surface area contributed by atoms with E-state index in [2.05, 4.69) is 21.7 Å². The van der Waals surface area contributed by atoms with Gasteiger partial charge in [0.15, 0.2) is 0 Å². The van der Waals surface area contributed by atoms with Gasteiger partial charge in [-0.05, 0) is 44.3 Å². The first-order chi connectivity index (χ1) is 11.6. The summed E-state index contributed by atoms with van der Waals surface area (Å²) in [5.74, 6) is 1.43. The van der Waals surface area contributed by atoms with Crippen molar-refractivity contribution in [1.29, 1.82) is 0 Å². The van der Waals surface area contributed by atoms with Gasteiger partial charge in [-0.3, -0.25) is 0 Å². The Morgan fingerprint density at radius 3 is 2.62 bits per heavy atom. The SMILES string of the molecule is CNCc1cc(-c2csc(C)n2)ccc1Oc1ccc(Cl)c(Cl)c1. The van der Waals surface area contributed by atoms with Crippen molar-refractivity contribution in [1.82, 2.24) is 10.3 Å². The third-order valence-corrected chi connectivity index (χ3v) is 4.97. The molecule has 3 rings (SSSR count). The third kappa shape index (κ3) is 3.90. The molecule has 0 bridgehead atoms. The molecule has 0 aliphatic carbocycles. The number of aromatic nitrogens is 1. The predicted octanol–water partition coefficient (Wildman–Crippen LogP) is 5.94. The number of aryl methyl sites for hydroxylation is 1. The molecule has 0 fully saturated rings. The topological polar surface area (TPSA) is 34.2 Å². The Balaban J connectivity index is 1.93. The van der Waals surface area contributed by atoms with E-state index in [9.17, 15) is 0 Å². The van der Waals surface area contributed by atoms with Crippen molar-refractivity contribution in [3.05, 3.63) is 62.4 Å². The van der Waals surface area contributed by atoms with Gasteiger partial charge in [-0.25, -0.2) is 4.98 Å². The molecule has 0 aliphatic rings. The average molecular weight is 379 g/mol. The van der Waals surface area contributed by atoms with Crippen LogP contribution in [0.15, 0.2) is 41.8 Å². The molecular weight excluding hydrogens is 363 g/mol. The largest absolute Gasteiger partial charge is 0.457 e. The van der Waals surface area contributed by atoms with E-state index in [4.69, 9.17) is 27.9 Å². The standard InChI is InChI=1S/C18H16Cl2N2OS/c1-11-22-17(10-24-11)12-3-6-18(13(7-12)9-21-2)23-14-4-5-15(19)16(20)8-14/h3-8,10,21H,9H2,1-2H3. The van der Waals surface area contributed by atoms with Gasteiger partial charge in [0, 0.05) is 29.1 Å². The highest BCUT2D eigenvalue weighted by molar-refractivity contribution is 7.09. The van der Waals surface area contributed by atoms with Crippen LogP contribution in [0, 0.1) is 6.92 Å². The van der Waals surface area contributed by atoms with Crippen LogP contribution in [-0.2, 0) is 6.54 Å². The van der Waals surface area contributed by atoms with Gasteiger partial charge in [-0.2, -0.15) is 0 Å². The van der Waals surface area contributed by atoms with Gasteiger partial charge in [-0.15, -0.1) is 11.3 Å². The van der Waals surface area contributed by atoms with Crippen molar-refractivity contribution in [2.75, 3.05) is 7.05 Å². The molecule has 3 nitrogen and oxygen atoms in total. The summed E-state index contributed by atoms with van der Waals surface area (Å²) in [5.41, 5.74) is 3.11. The lowest BCUT2D eigenvalue weighted by molar-refractivity contribution is 0.474. The molecule has 24 heavy (non-hydrogen) atoms. The first kappa shape index (κ1) is 17.2. The van der Waals surface area contributed by atoms with Crippen LogP contribution in [0.3, 0.4) is 0 Å². The van der Waals surface area contributed by atoms with Crippen LogP contribution < -0.4 is 10.1 Å². The van der Waals surface area contributed by atoms with E-state index in [0.29, 0.717) is 22.3 Å². The van der Waals surface area contributed by atoms with Gasteiger partial charge >= 0.3 is 0 Å². The van der Waals surface area contributed by atoms with Gasteiger partial charge in [-0.1, -0.05) is 23.2 Å². The number of nitrogens with zero attached hydrogens (tertiary/aromatic N) is 1. The molecule has 3 aromatic rings. The molecule has 1 N–H and O–H groups in total. The van der Waals surface area contributed by atoms with E-state index in [1.807, 2.05) is 26.1 Å². The van der Waals surface area contributed by atoms with E-state index >= 15 is 0 Å². The number of benzene rings is 2. The average Bonchev–Trinajstić information content (AvgIpc) is 2.99. The van der Waals surface area contributed by atoms with E-state index in [0.717, 1.165) is 27.6 Å². The van der Waals surface area contributed by atoms with Crippen LogP contribution >= 0.6 is 34.5 Å². The fourth-order valence-electron chi connectivity index (χ4n) is 2.33. The highest BCUT2D eigenvalue weighted by atomic mass is 35.5. The van der Waals surface area contributed by atoms with Crippen molar-refractivity contribution in [2.24, 2.45) is 0 Å². The lowest BCUT2D eigenvalue weighted by atomic mass is 10.1.